The van der Waals surface area contributed by atoms with Gasteiger partial charge in [-0.2, -0.15) is 11.8 Å². The first kappa shape index (κ1) is 16.5. The van der Waals surface area contributed by atoms with E-state index in [-0.39, 0.29) is 6.03 Å². The van der Waals surface area contributed by atoms with E-state index in [1.807, 2.05) is 18.7 Å². The molecule has 1 unspecified atom stereocenters. The molecule has 2 N–H and O–H groups in total. The van der Waals surface area contributed by atoms with Gasteiger partial charge in [-0.1, -0.05) is 13.3 Å². The standard InChI is InChI=1S/C15H26N2O3S/c1-2-5-15(13(18)19)6-8-17(9-7-15)14(20)16-11-12-4-3-10-21-12/h12H,2-11H2,1H3,(H,16,20)(H,18,19). The molecule has 0 aromatic carbocycles. The Morgan fingerprint density at radius 2 is 2.10 bits per heavy atom. The van der Waals surface area contributed by atoms with Crippen molar-refractivity contribution in [2.75, 3.05) is 25.4 Å². The number of aliphatic carboxylic acids is 1. The first-order chi connectivity index (χ1) is 10.1. The molecule has 0 spiro atoms. The summed E-state index contributed by atoms with van der Waals surface area (Å²) in [5, 5.41) is 13.0. The molecule has 0 saturated carbocycles. The van der Waals surface area contributed by atoms with E-state index >= 15 is 0 Å². The van der Waals surface area contributed by atoms with Crippen molar-refractivity contribution in [1.82, 2.24) is 10.2 Å². The first-order valence-corrected chi connectivity index (χ1v) is 9.00. The normalized spacial score (nSPS) is 24.8. The average molecular weight is 314 g/mol. The number of urea groups is 1. The number of amides is 2. The predicted molar refractivity (Wildman–Crippen MR) is 84.7 cm³/mol. The average Bonchev–Trinajstić information content (AvgIpc) is 2.99. The lowest BCUT2D eigenvalue weighted by atomic mass is 9.75. The molecule has 21 heavy (non-hydrogen) atoms. The number of carbonyl (C=O) groups excluding carboxylic acids is 1. The Hall–Kier alpha value is -0.910. The number of likely N-dealkylation sites (tertiary alicyclic amines) is 1. The molecule has 5 nitrogen and oxygen atoms in total. The molecule has 2 saturated heterocycles. The van der Waals surface area contributed by atoms with Crippen molar-refractivity contribution in [2.45, 2.75) is 50.7 Å². The molecule has 2 amide bonds. The van der Waals surface area contributed by atoms with Crippen molar-refractivity contribution in [3.05, 3.63) is 0 Å². The number of carbonyl (C=O) groups is 2. The fourth-order valence-electron chi connectivity index (χ4n) is 3.31. The fraction of sp³-hybridized carbons (Fsp3) is 0.867. The van der Waals surface area contributed by atoms with Gasteiger partial charge in [-0.05, 0) is 37.9 Å². The van der Waals surface area contributed by atoms with Crippen LogP contribution in [0.4, 0.5) is 4.79 Å². The molecule has 6 heteroatoms. The molecule has 0 bridgehead atoms. The Bertz CT molecular complexity index is 375. The van der Waals surface area contributed by atoms with Crippen molar-refractivity contribution < 1.29 is 14.7 Å². The van der Waals surface area contributed by atoms with Gasteiger partial charge in [0, 0.05) is 24.9 Å². The van der Waals surface area contributed by atoms with Crippen LogP contribution in [0.3, 0.4) is 0 Å². The third kappa shape index (κ3) is 4.05. The summed E-state index contributed by atoms with van der Waals surface area (Å²) < 4.78 is 0. The van der Waals surface area contributed by atoms with Gasteiger partial charge in [0.15, 0.2) is 0 Å². The molecule has 2 aliphatic heterocycles. The van der Waals surface area contributed by atoms with Gasteiger partial charge in [-0.15, -0.1) is 0 Å². The monoisotopic (exact) mass is 314 g/mol. The SMILES string of the molecule is CCCC1(C(=O)O)CCN(C(=O)NCC2CCCS2)CC1. The van der Waals surface area contributed by atoms with Gasteiger partial charge in [0.05, 0.1) is 5.41 Å². The maximum atomic E-state index is 12.2. The molecule has 0 aromatic heterocycles. The van der Waals surface area contributed by atoms with Crippen LogP contribution < -0.4 is 5.32 Å². The Balaban J connectivity index is 1.79. The zero-order chi connectivity index (χ0) is 15.3. The lowest BCUT2D eigenvalue weighted by Gasteiger charge is -2.38. The smallest absolute Gasteiger partial charge is 0.317 e. The molecule has 2 heterocycles. The van der Waals surface area contributed by atoms with Gasteiger partial charge >= 0.3 is 12.0 Å². The van der Waals surface area contributed by atoms with Crippen molar-refractivity contribution >= 4 is 23.8 Å². The summed E-state index contributed by atoms with van der Waals surface area (Å²) in [7, 11) is 0. The molecule has 0 radical (unpaired) electrons. The lowest BCUT2D eigenvalue weighted by Crippen LogP contribution is -2.50. The highest BCUT2D eigenvalue weighted by molar-refractivity contribution is 8.00. The number of nitrogens with one attached hydrogen (secondary N) is 1. The van der Waals surface area contributed by atoms with Gasteiger partial charge in [0.25, 0.3) is 0 Å². The zero-order valence-electron chi connectivity index (χ0n) is 12.8. The van der Waals surface area contributed by atoms with Gasteiger partial charge in [0.2, 0.25) is 0 Å². The van der Waals surface area contributed by atoms with Crippen molar-refractivity contribution in [1.29, 1.82) is 0 Å². The predicted octanol–water partition coefficient (Wildman–Crippen LogP) is 2.56. The Kier molecular flexibility index (Phi) is 5.79. The summed E-state index contributed by atoms with van der Waals surface area (Å²) in [5.74, 6) is 0.495. The highest BCUT2D eigenvalue weighted by Crippen LogP contribution is 2.36. The molecule has 120 valence electrons. The molecule has 0 aliphatic carbocycles. The van der Waals surface area contributed by atoms with Crippen LogP contribution in [-0.4, -0.2) is 52.6 Å². The zero-order valence-corrected chi connectivity index (χ0v) is 13.6. The van der Waals surface area contributed by atoms with Gasteiger partial charge in [-0.25, -0.2) is 4.79 Å². The van der Waals surface area contributed by atoms with E-state index in [4.69, 9.17) is 0 Å². The molecule has 2 rings (SSSR count). The summed E-state index contributed by atoms with van der Waals surface area (Å²) >= 11 is 1.93. The third-order valence-electron chi connectivity index (χ3n) is 4.69. The topological polar surface area (TPSA) is 69.6 Å². The van der Waals surface area contributed by atoms with Crippen LogP contribution in [0.5, 0.6) is 0 Å². The minimum atomic E-state index is -0.702. The summed E-state index contributed by atoms with van der Waals surface area (Å²) in [6.07, 6.45) is 5.15. The second kappa shape index (κ2) is 7.38. The van der Waals surface area contributed by atoms with E-state index in [9.17, 15) is 14.7 Å². The van der Waals surface area contributed by atoms with Crippen molar-refractivity contribution in [2.24, 2.45) is 5.41 Å². The number of thioether (sulfide) groups is 1. The highest BCUT2D eigenvalue weighted by atomic mass is 32.2. The van der Waals surface area contributed by atoms with Crippen LogP contribution in [0.15, 0.2) is 0 Å². The van der Waals surface area contributed by atoms with Crippen LogP contribution in [-0.2, 0) is 4.79 Å². The van der Waals surface area contributed by atoms with Crippen molar-refractivity contribution in [3.63, 3.8) is 0 Å². The highest BCUT2D eigenvalue weighted by Gasteiger charge is 2.41. The molecule has 1 atom stereocenters. The van der Waals surface area contributed by atoms with E-state index in [1.165, 1.54) is 18.6 Å². The van der Waals surface area contributed by atoms with E-state index < -0.39 is 11.4 Å². The van der Waals surface area contributed by atoms with Crippen LogP contribution in [0, 0.1) is 5.41 Å². The molecule has 2 fully saturated rings. The van der Waals surface area contributed by atoms with E-state index in [0.717, 1.165) is 13.0 Å². The Morgan fingerprint density at radius 1 is 1.38 bits per heavy atom. The maximum Gasteiger partial charge on any atom is 0.317 e. The quantitative estimate of drug-likeness (QED) is 0.818. The van der Waals surface area contributed by atoms with Gasteiger partial charge in [-0.3, -0.25) is 4.79 Å². The Morgan fingerprint density at radius 3 is 2.62 bits per heavy atom. The summed E-state index contributed by atoms with van der Waals surface area (Å²) in [6.45, 7) is 3.86. The second-order valence-electron chi connectivity index (χ2n) is 6.14. The fourth-order valence-corrected chi connectivity index (χ4v) is 4.51. The Labute approximate surface area is 130 Å². The largest absolute Gasteiger partial charge is 0.481 e. The number of hydrogen-bond donors (Lipinski definition) is 2. The molecule has 2 aliphatic rings. The van der Waals surface area contributed by atoms with Crippen LogP contribution in [0.25, 0.3) is 0 Å². The van der Waals surface area contributed by atoms with E-state index in [1.54, 1.807) is 4.90 Å². The van der Waals surface area contributed by atoms with Crippen LogP contribution >= 0.6 is 11.8 Å². The van der Waals surface area contributed by atoms with Crippen molar-refractivity contribution in [3.8, 4) is 0 Å². The second-order valence-corrected chi connectivity index (χ2v) is 7.55. The number of carboxylic acid groups (broad SMARTS) is 1. The third-order valence-corrected chi connectivity index (χ3v) is 6.09. The van der Waals surface area contributed by atoms with Gasteiger partial charge in [0.1, 0.15) is 0 Å². The van der Waals surface area contributed by atoms with Gasteiger partial charge < -0.3 is 15.3 Å². The molecular weight excluding hydrogens is 288 g/mol. The number of piperidine rings is 1. The van der Waals surface area contributed by atoms with Crippen LogP contribution in [0.1, 0.15) is 45.4 Å². The number of carboxylic acids is 1. The maximum absolute atomic E-state index is 12.2. The molecule has 0 aromatic rings. The molecular formula is C15H26N2O3S. The number of nitrogens with zero attached hydrogens (tertiary/aromatic N) is 1. The lowest BCUT2D eigenvalue weighted by molar-refractivity contribution is -0.152. The van der Waals surface area contributed by atoms with E-state index in [0.29, 0.717) is 37.6 Å². The van der Waals surface area contributed by atoms with Crippen LogP contribution in [0.2, 0.25) is 0 Å². The number of hydrogen-bond acceptors (Lipinski definition) is 3. The summed E-state index contributed by atoms with van der Waals surface area (Å²) in [5.41, 5.74) is -0.618. The minimum absolute atomic E-state index is 0.0296. The summed E-state index contributed by atoms with van der Waals surface area (Å²) in [6, 6.07) is -0.0296. The number of rotatable bonds is 5. The summed E-state index contributed by atoms with van der Waals surface area (Å²) in [4.78, 5) is 25.4. The first-order valence-electron chi connectivity index (χ1n) is 7.95. The minimum Gasteiger partial charge on any atom is -0.481 e. The van der Waals surface area contributed by atoms with E-state index in [2.05, 4.69) is 5.32 Å².